The fraction of sp³-hybridized carbons (Fsp3) is 0.192. The summed E-state index contributed by atoms with van der Waals surface area (Å²) in [5.41, 5.74) is 5.30. The number of carbonyl (C=O) groups excluding carboxylic acids is 2. The van der Waals surface area contributed by atoms with Gasteiger partial charge in [0.05, 0.1) is 5.69 Å². The van der Waals surface area contributed by atoms with Crippen LogP contribution in [0.5, 0.6) is 11.5 Å². The van der Waals surface area contributed by atoms with Gasteiger partial charge in [-0.2, -0.15) is 0 Å². The average Bonchev–Trinajstić information content (AvgIpc) is 3.40. The molecule has 0 unspecified atom stereocenters. The lowest BCUT2D eigenvalue weighted by molar-refractivity contribution is -0.122. The van der Waals surface area contributed by atoms with Crippen LogP contribution in [-0.4, -0.2) is 28.3 Å². The van der Waals surface area contributed by atoms with Crippen LogP contribution in [0.1, 0.15) is 29.4 Å². The van der Waals surface area contributed by atoms with E-state index in [9.17, 15) is 9.59 Å². The van der Waals surface area contributed by atoms with Crippen molar-refractivity contribution in [3.05, 3.63) is 76.6 Å². The van der Waals surface area contributed by atoms with Crippen LogP contribution in [0.15, 0.2) is 54.1 Å². The van der Waals surface area contributed by atoms with Gasteiger partial charge in [-0.1, -0.05) is 19.1 Å². The Morgan fingerprint density at radius 2 is 1.71 bits per heavy atom. The maximum Gasteiger partial charge on any atom is 0.270 e. The second-order valence-electron chi connectivity index (χ2n) is 8.18. The molecule has 0 aliphatic carbocycles. The van der Waals surface area contributed by atoms with Gasteiger partial charge in [0, 0.05) is 23.1 Å². The highest BCUT2D eigenvalue weighted by molar-refractivity contribution is 7.80. The molecule has 34 heavy (non-hydrogen) atoms. The molecule has 1 N–H and O–H groups in total. The van der Waals surface area contributed by atoms with Crippen LogP contribution in [0.25, 0.3) is 11.8 Å². The molecule has 0 saturated carbocycles. The van der Waals surface area contributed by atoms with E-state index in [2.05, 4.69) is 12.2 Å². The number of anilines is 1. The van der Waals surface area contributed by atoms with Gasteiger partial charge in [0.15, 0.2) is 16.6 Å². The number of thiocarbonyl (C=S) groups is 1. The fourth-order valence-corrected chi connectivity index (χ4v) is 4.56. The number of hydrogen-bond donors (Lipinski definition) is 1. The van der Waals surface area contributed by atoms with Crippen LogP contribution in [0.2, 0.25) is 0 Å². The normalized spacial score (nSPS) is 16.4. The standard InChI is InChI=1S/C26H23N3O4S/c1-4-17-5-7-19(8-6-17)29-25(31)21(24(30)27-26(29)34)12-18-11-15(2)28(16(18)3)20-9-10-22-23(13-20)33-14-32-22/h5-13H,4,14H2,1-3H3,(H,27,30,34)/b21-12+. The molecule has 2 aliphatic rings. The third kappa shape index (κ3) is 3.66. The molecular formula is C26H23N3O4S. The first-order valence-electron chi connectivity index (χ1n) is 11.0. The number of aromatic nitrogens is 1. The SMILES string of the molecule is CCc1ccc(N2C(=O)/C(=C/c3cc(C)n(-c4ccc5c(c4)OCO5)c3C)C(=O)NC2=S)cc1. The zero-order valence-corrected chi connectivity index (χ0v) is 19.9. The molecule has 8 heteroatoms. The van der Waals surface area contributed by atoms with E-state index in [4.69, 9.17) is 21.7 Å². The number of nitrogens with one attached hydrogen (secondary N) is 1. The van der Waals surface area contributed by atoms with Gasteiger partial charge in [0.2, 0.25) is 6.79 Å². The highest BCUT2D eigenvalue weighted by Gasteiger charge is 2.34. The molecule has 5 rings (SSSR count). The molecule has 0 bridgehead atoms. The molecule has 0 radical (unpaired) electrons. The van der Waals surface area contributed by atoms with Crippen molar-refractivity contribution < 1.29 is 19.1 Å². The smallest absolute Gasteiger partial charge is 0.270 e. The number of fused-ring (bicyclic) bond motifs is 1. The molecule has 1 saturated heterocycles. The minimum absolute atomic E-state index is 0.0269. The van der Waals surface area contributed by atoms with Crippen molar-refractivity contribution in [2.45, 2.75) is 27.2 Å². The quantitative estimate of drug-likeness (QED) is 0.349. The maximum absolute atomic E-state index is 13.4. The second kappa shape index (κ2) is 8.46. The first-order valence-corrected chi connectivity index (χ1v) is 11.4. The molecule has 1 aromatic heterocycles. The Bertz CT molecular complexity index is 1370. The zero-order valence-electron chi connectivity index (χ0n) is 19.0. The number of hydrogen-bond acceptors (Lipinski definition) is 5. The van der Waals surface area contributed by atoms with Gasteiger partial charge < -0.3 is 14.0 Å². The Hall–Kier alpha value is -3.91. The maximum atomic E-state index is 13.4. The van der Waals surface area contributed by atoms with E-state index in [0.29, 0.717) is 17.2 Å². The third-order valence-electron chi connectivity index (χ3n) is 6.09. The van der Waals surface area contributed by atoms with E-state index < -0.39 is 11.8 Å². The number of nitrogens with zero attached hydrogens (tertiary/aromatic N) is 2. The van der Waals surface area contributed by atoms with Crippen molar-refractivity contribution in [1.82, 2.24) is 9.88 Å². The van der Waals surface area contributed by atoms with Gasteiger partial charge in [0.1, 0.15) is 5.57 Å². The Kier molecular flexibility index (Phi) is 5.45. The first-order chi connectivity index (χ1) is 16.4. The third-order valence-corrected chi connectivity index (χ3v) is 6.37. The van der Waals surface area contributed by atoms with E-state index in [1.54, 1.807) is 6.08 Å². The number of ether oxygens (including phenoxy) is 2. The summed E-state index contributed by atoms with van der Waals surface area (Å²) in [4.78, 5) is 27.5. The summed E-state index contributed by atoms with van der Waals surface area (Å²) in [7, 11) is 0. The molecule has 0 atom stereocenters. The number of rotatable bonds is 4. The zero-order chi connectivity index (χ0) is 24.0. The van der Waals surface area contributed by atoms with Gasteiger partial charge in [-0.25, -0.2) is 0 Å². The van der Waals surface area contributed by atoms with Crippen molar-refractivity contribution in [1.29, 1.82) is 0 Å². The summed E-state index contributed by atoms with van der Waals surface area (Å²) < 4.78 is 13.0. The molecule has 3 heterocycles. The van der Waals surface area contributed by atoms with Gasteiger partial charge >= 0.3 is 0 Å². The minimum Gasteiger partial charge on any atom is -0.454 e. The predicted octanol–water partition coefficient (Wildman–Crippen LogP) is 4.22. The van der Waals surface area contributed by atoms with E-state index in [-0.39, 0.29) is 17.5 Å². The molecule has 1 fully saturated rings. The number of amides is 2. The van der Waals surface area contributed by atoms with Crippen molar-refractivity contribution in [3.63, 3.8) is 0 Å². The summed E-state index contributed by atoms with van der Waals surface area (Å²) in [6.45, 7) is 6.18. The highest BCUT2D eigenvalue weighted by atomic mass is 32.1. The van der Waals surface area contributed by atoms with E-state index in [1.807, 2.05) is 66.9 Å². The fourth-order valence-electron chi connectivity index (χ4n) is 4.28. The Balaban J connectivity index is 1.52. The van der Waals surface area contributed by atoms with Crippen molar-refractivity contribution in [2.75, 3.05) is 11.7 Å². The van der Waals surface area contributed by atoms with Crippen LogP contribution in [0.3, 0.4) is 0 Å². The number of benzene rings is 2. The van der Waals surface area contributed by atoms with Gasteiger partial charge in [-0.15, -0.1) is 0 Å². The molecule has 2 amide bonds. The van der Waals surface area contributed by atoms with Gasteiger partial charge in [-0.05, 0) is 80.0 Å². The van der Waals surface area contributed by atoms with E-state index >= 15 is 0 Å². The van der Waals surface area contributed by atoms with Crippen LogP contribution in [-0.2, 0) is 16.0 Å². The predicted molar refractivity (Wildman–Crippen MR) is 133 cm³/mol. The van der Waals surface area contributed by atoms with Gasteiger partial charge in [0.25, 0.3) is 11.8 Å². The second-order valence-corrected chi connectivity index (χ2v) is 8.56. The van der Waals surface area contributed by atoms with E-state index in [1.165, 1.54) is 4.90 Å². The summed E-state index contributed by atoms with van der Waals surface area (Å²) in [5, 5.41) is 2.72. The van der Waals surface area contributed by atoms with E-state index in [0.717, 1.165) is 34.6 Å². The summed E-state index contributed by atoms with van der Waals surface area (Å²) in [6, 6.07) is 15.2. The molecular weight excluding hydrogens is 450 g/mol. The summed E-state index contributed by atoms with van der Waals surface area (Å²) >= 11 is 5.32. The lowest BCUT2D eigenvalue weighted by Gasteiger charge is -2.29. The minimum atomic E-state index is -0.510. The topological polar surface area (TPSA) is 72.8 Å². The largest absolute Gasteiger partial charge is 0.454 e. The highest BCUT2D eigenvalue weighted by Crippen LogP contribution is 2.35. The molecule has 2 aliphatic heterocycles. The molecule has 172 valence electrons. The van der Waals surface area contributed by atoms with Crippen molar-refractivity contribution in [3.8, 4) is 17.2 Å². The summed E-state index contributed by atoms with van der Waals surface area (Å²) in [5.74, 6) is 0.432. The Labute approximate surface area is 202 Å². The van der Waals surface area contributed by atoms with Crippen LogP contribution >= 0.6 is 12.2 Å². The molecule has 7 nitrogen and oxygen atoms in total. The number of carbonyl (C=O) groups is 2. The van der Waals surface area contributed by atoms with Crippen LogP contribution in [0.4, 0.5) is 5.69 Å². The Morgan fingerprint density at radius 3 is 2.44 bits per heavy atom. The average molecular weight is 474 g/mol. The monoisotopic (exact) mass is 473 g/mol. The molecule has 3 aromatic rings. The molecule has 2 aromatic carbocycles. The first kappa shape index (κ1) is 21.9. The van der Waals surface area contributed by atoms with Crippen LogP contribution < -0.4 is 19.7 Å². The van der Waals surface area contributed by atoms with Crippen molar-refractivity contribution in [2.24, 2.45) is 0 Å². The molecule has 0 spiro atoms. The summed E-state index contributed by atoms with van der Waals surface area (Å²) in [6.07, 6.45) is 2.51. The lowest BCUT2D eigenvalue weighted by atomic mass is 10.1. The van der Waals surface area contributed by atoms with Crippen molar-refractivity contribution >= 4 is 40.9 Å². The Morgan fingerprint density at radius 1 is 1.00 bits per heavy atom. The van der Waals surface area contributed by atoms with Crippen LogP contribution in [0, 0.1) is 13.8 Å². The van der Waals surface area contributed by atoms with Gasteiger partial charge in [-0.3, -0.25) is 19.8 Å². The lowest BCUT2D eigenvalue weighted by Crippen LogP contribution is -2.54. The number of aryl methyl sites for hydroxylation is 2.